The van der Waals surface area contributed by atoms with E-state index in [0.717, 1.165) is 31.2 Å². The smallest absolute Gasteiger partial charge is 0.234 e. The number of hydrogen-bond acceptors (Lipinski definition) is 4. The Balaban J connectivity index is 1.77. The average molecular weight is 343 g/mol. The zero-order valence-electron chi connectivity index (χ0n) is 13.1. The molecule has 1 aliphatic rings. The van der Waals surface area contributed by atoms with Gasteiger partial charge in [-0.15, -0.1) is 0 Å². The van der Waals surface area contributed by atoms with Crippen LogP contribution in [0, 0.1) is 5.82 Å². The molecule has 1 amide bonds. The molecule has 23 heavy (non-hydrogen) atoms. The van der Waals surface area contributed by atoms with E-state index in [1.807, 2.05) is 4.90 Å². The van der Waals surface area contributed by atoms with E-state index in [2.05, 4.69) is 10.0 Å². The molecule has 1 aliphatic heterocycles. The maximum absolute atomic E-state index is 12.8. The van der Waals surface area contributed by atoms with Gasteiger partial charge >= 0.3 is 0 Å². The molecule has 2 N–H and O–H groups in total. The molecule has 1 saturated heterocycles. The number of hydrogen-bond donors (Lipinski definition) is 2. The molecule has 1 heterocycles. The van der Waals surface area contributed by atoms with Crippen LogP contribution in [0.25, 0.3) is 0 Å². The number of carbonyl (C=O) groups excluding carboxylic acids is 1. The summed E-state index contributed by atoms with van der Waals surface area (Å²) in [5.74, 6) is -0.438. The van der Waals surface area contributed by atoms with Crippen LogP contribution >= 0.6 is 0 Å². The van der Waals surface area contributed by atoms with Gasteiger partial charge in [0, 0.05) is 19.1 Å². The lowest BCUT2D eigenvalue weighted by Gasteiger charge is -2.32. The minimum atomic E-state index is -3.23. The molecule has 2 rings (SSSR count). The highest BCUT2D eigenvalue weighted by molar-refractivity contribution is 7.88. The molecule has 8 heteroatoms. The highest BCUT2D eigenvalue weighted by Crippen LogP contribution is 2.10. The van der Waals surface area contributed by atoms with Crippen molar-refractivity contribution in [3.63, 3.8) is 0 Å². The molecule has 0 saturated carbocycles. The summed E-state index contributed by atoms with van der Waals surface area (Å²) >= 11 is 0. The summed E-state index contributed by atoms with van der Waals surface area (Å²) in [5, 5.41) is 2.79. The summed E-state index contributed by atoms with van der Waals surface area (Å²) in [6.07, 6.45) is 2.76. The van der Waals surface area contributed by atoms with Gasteiger partial charge < -0.3 is 5.32 Å². The Kier molecular flexibility index (Phi) is 6.09. The number of nitrogens with zero attached hydrogens (tertiary/aromatic N) is 1. The first kappa shape index (κ1) is 17.8. The Labute approximate surface area is 136 Å². The number of halogens is 1. The van der Waals surface area contributed by atoms with Crippen LogP contribution in [0.2, 0.25) is 0 Å². The van der Waals surface area contributed by atoms with Crippen molar-refractivity contribution in [2.24, 2.45) is 0 Å². The van der Waals surface area contributed by atoms with E-state index in [4.69, 9.17) is 0 Å². The predicted molar refractivity (Wildman–Crippen MR) is 85.7 cm³/mol. The van der Waals surface area contributed by atoms with Gasteiger partial charge in [0.15, 0.2) is 0 Å². The fourth-order valence-electron chi connectivity index (χ4n) is 2.66. The van der Waals surface area contributed by atoms with E-state index in [9.17, 15) is 17.6 Å². The molecular weight excluding hydrogens is 321 g/mol. The standard InChI is InChI=1S/C15H22FN3O3S/c1-23(21,22)18-14-3-2-8-19(10-14)11-15(20)17-9-12-4-6-13(16)7-5-12/h4-7,14,18H,2-3,8-11H2,1H3,(H,17,20). The number of benzene rings is 1. The molecule has 1 aromatic carbocycles. The normalized spacial score (nSPS) is 19.5. The zero-order chi connectivity index (χ0) is 16.9. The Morgan fingerprint density at radius 1 is 1.35 bits per heavy atom. The second kappa shape index (κ2) is 7.85. The van der Waals surface area contributed by atoms with Crippen LogP contribution in [-0.2, 0) is 21.4 Å². The number of sulfonamides is 1. The molecule has 1 atom stereocenters. The summed E-state index contributed by atoms with van der Waals surface area (Å²) in [6, 6.07) is 5.82. The average Bonchev–Trinajstić information content (AvgIpc) is 2.45. The first-order valence-electron chi connectivity index (χ1n) is 7.52. The molecule has 128 valence electrons. The first-order valence-corrected chi connectivity index (χ1v) is 9.42. The summed E-state index contributed by atoms with van der Waals surface area (Å²) in [4.78, 5) is 13.9. The number of rotatable bonds is 6. The lowest BCUT2D eigenvalue weighted by Crippen LogP contribution is -2.49. The van der Waals surface area contributed by atoms with Crippen molar-refractivity contribution in [3.8, 4) is 0 Å². The van der Waals surface area contributed by atoms with Gasteiger partial charge in [0.05, 0.1) is 12.8 Å². The van der Waals surface area contributed by atoms with Gasteiger partial charge in [-0.25, -0.2) is 17.5 Å². The molecule has 1 fully saturated rings. The van der Waals surface area contributed by atoms with Crippen molar-refractivity contribution in [3.05, 3.63) is 35.6 Å². The Bertz CT molecular complexity index is 634. The third kappa shape index (κ3) is 6.64. The molecule has 0 aromatic heterocycles. The van der Waals surface area contributed by atoms with Crippen LogP contribution in [0.4, 0.5) is 4.39 Å². The highest BCUT2D eigenvalue weighted by atomic mass is 32.2. The molecule has 0 bridgehead atoms. The van der Waals surface area contributed by atoms with Gasteiger partial charge in [-0.3, -0.25) is 9.69 Å². The van der Waals surface area contributed by atoms with Crippen LogP contribution in [0.5, 0.6) is 0 Å². The summed E-state index contributed by atoms with van der Waals surface area (Å²) in [5.41, 5.74) is 0.829. The van der Waals surface area contributed by atoms with Gasteiger partial charge in [-0.2, -0.15) is 0 Å². The summed E-state index contributed by atoms with van der Waals surface area (Å²) in [6.45, 7) is 1.87. The third-order valence-electron chi connectivity index (χ3n) is 3.66. The molecule has 1 aromatic rings. The van der Waals surface area contributed by atoms with Crippen molar-refractivity contribution in [2.45, 2.75) is 25.4 Å². The largest absolute Gasteiger partial charge is 0.351 e. The second-order valence-corrected chi connectivity index (χ2v) is 7.65. The molecule has 0 spiro atoms. The van der Waals surface area contributed by atoms with E-state index < -0.39 is 10.0 Å². The second-order valence-electron chi connectivity index (χ2n) is 5.87. The number of amides is 1. The maximum atomic E-state index is 12.8. The molecular formula is C15H22FN3O3S. The maximum Gasteiger partial charge on any atom is 0.234 e. The number of carbonyl (C=O) groups is 1. The summed E-state index contributed by atoms with van der Waals surface area (Å²) in [7, 11) is -3.23. The van der Waals surface area contributed by atoms with E-state index in [1.165, 1.54) is 12.1 Å². The van der Waals surface area contributed by atoms with Crippen molar-refractivity contribution in [2.75, 3.05) is 25.9 Å². The Morgan fingerprint density at radius 3 is 2.70 bits per heavy atom. The van der Waals surface area contributed by atoms with Crippen molar-refractivity contribution in [1.29, 1.82) is 0 Å². The van der Waals surface area contributed by atoms with Gasteiger partial charge in [0.1, 0.15) is 5.82 Å². The molecule has 1 unspecified atom stereocenters. The quantitative estimate of drug-likeness (QED) is 0.786. The Hall–Kier alpha value is -1.51. The fourth-order valence-corrected chi connectivity index (χ4v) is 3.46. The molecule has 0 radical (unpaired) electrons. The summed E-state index contributed by atoms with van der Waals surface area (Å²) < 4.78 is 37.9. The number of nitrogens with one attached hydrogen (secondary N) is 2. The van der Waals surface area contributed by atoms with Crippen LogP contribution in [0.15, 0.2) is 24.3 Å². The van der Waals surface area contributed by atoms with E-state index in [0.29, 0.717) is 13.1 Å². The lowest BCUT2D eigenvalue weighted by molar-refractivity contribution is -0.122. The predicted octanol–water partition coefficient (Wildman–Crippen LogP) is 0.456. The van der Waals surface area contributed by atoms with Gasteiger partial charge in [0.25, 0.3) is 0 Å². The monoisotopic (exact) mass is 343 g/mol. The topological polar surface area (TPSA) is 78.5 Å². The first-order chi connectivity index (χ1) is 10.8. The van der Waals surface area contributed by atoms with Crippen LogP contribution in [0.1, 0.15) is 18.4 Å². The van der Waals surface area contributed by atoms with Crippen LogP contribution < -0.4 is 10.0 Å². The third-order valence-corrected chi connectivity index (χ3v) is 4.42. The minimum Gasteiger partial charge on any atom is -0.351 e. The molecule has 6 nitrogen and oxygen atoms in total. The van der Waals surface area contributed by atoms with E-state index in [1.54, 1.807) is 12.1 Å². The van der Waals surface area contributed by atoms with Gasteiger partial charge in [-0.05, 0) is 37.1 Å². The number of piperidine rings is 1. The van der Waals surface area contributed by atoms with Gasteiger partial charge in [0.2, 0.25) is 15.9 Å². The number of likely N-dealkylation sites (tertiary alicyclic amines) is 1. The Morgan fingerprint density at radius 2 is 2.04 bits per heavy atom. The molecule has 0 aliphatic carbocycles. The highest BCUT2D eigenvalue weighted by Gasteiger charge is 2.23. The van der Waals surface area contributed by atoms with E-state index >= 15 is 0 Å². The van der Waals surface area contributed by atoms with Gasteiger partial charge in [-0.1, -0.05) is 12.1 Å². The fraction of sp³-hybridized carbons (Fsp3) is 0.533. The van der Waals surface area contributed by atoms with Crippen LogP contribution in [-0.4, -0.2) is 51.2 Å². The van der Waals surface area contributed by atoms with Crippen LogP contribution in [0.3, 0.4) is 0 Å². The van der Waals surface area contributed by atoms with E-state index in [-0.39, 0.29) is 24.3 Å². The minimum absolute atomic E-state index is 0.130. The SMILES string of the molecule is CS(=O)(=O)NC1CCCN(CC(=O)NCc2ccc(F)cc2)C1. The van der Waals surface area contributed by atoms with Crippen molar-refractivity contribution < 1.29 is 17.6 Å². The van der Waals surface area contributed by atoms with Crippen molar-refractivity contribution >= 4 is 15.9 Å². The lowest BCUT2D eigenvalue weighted by atomic mass is 10.1. The van der Waals surface area contributed by atoms with Crippen molar-refractivity contribution in [1.82, 2.24) is 14.9 Å². The zero-order valence-corrected chi connectivity index (χ0v) is 13.9.